The number of rotatable bonds is 5. The number of hydrogen-bond acceptors (Lipinski definition) is 8. The molecule has 39 heavy (non-hydrogen) atoms. The standard InChI is InChI=1S/C27H29FN4O6S/c1-2-21-25(35)32-23(11-16-6-8-19(33)9-7-16)27(37)38-20(5-3-4-10-39)14-24(34)29-15-18-12-17(28)13-22(30-18)26(36)31-21/h2-3,5-9,12-13,20,23,33,39H,4,10-11,14-15H2,1H3,(H,29,34)(H,31,36)(H,32,35)/b5-3+,21-2-/t20-,23+/m1/s1. The number of halogens is 1. The lowest BCUT2D eigenvalue weighted by atomic mass is 10.1. The molecule has 1 aliphatic rings. The van der Waals surface area contributed by atoms with Gasteiger partial charge in [-0.3, -0.25) is 14.4 Å². The van der Waals surface area contributed by atoms with Gasteiger partial charge >= 0.3 is 5.97 Å². The second-order valence-corrected chi connectivity index (χ2v) is 9.06. The molecule has 2 heterocycles. The Labute approximate surface area is 230 Å². The van der Waals surface area contributed by atoms with Crippen molar-refractivity contribution < 1.29 is 33.4 Å². The number of benzene rings is 1. The van der Waals surface area contributed by atoms with Gasteiger partial charge in [0, 0.05) is 12.5 Å². The molecule has 0 saturated carbocycles. The van der Waals surface area contributed by atoms with Crippen molar-refractivity contribution in [2.24, 2.45) is 0 Å². The van der Waals surface area contributed by atoms with Gasteiger partial charge in [-0.15, -0.1) is 0 Å². The van der Waals surface area contributed by atoms with Gasteiger partial charge in [0.2, 0.25) is 5.91 Å². The van der Waals surface area contributed by atoms with Crippen LogP contribution in [0.2, 0.25) is 0 Å². The van der Waals surface area contributed by atoms with Crippen molar-refractivity contribution in [2.45, 2.75) is 44.9 Å². The maximum absolute atomic E-state index is 14.2. The minimum absolute atomic E-state index is 0.0100. The largest absolute Gasteiger partial charge is 0.508 e. The fourth-order valence-corrected chi connectivity index (χ4v) is 3.80. The molecule has 2 bridgehead atoms. The molecular weight excluding hydrogens is 527 g/mol. The van der Waals surface area contributed by atoms with Crippen LogP contribution in [0.4, 0.5) is 4.39 Å². The first kappa shape index (κ1) is 29.4. The average Bonchev–Trinajstić information content (AvgIpc) is 2.90. The Morgan fingerprint density at radius 2 is 1.90 bits per heavy atom. The van der Waals surface area contributed by atoms with Crippen LogP contribution in [0.5, 0.6) is 5.75 Å². The first-order valence-electron chi connectivity index (χ1n) is 12.2. The van der Waals surface area contributed by atoms with E-state index in [1.54, 1.807) is 24.3 Å². The van der Waals surface area contributed by atoms with Crippen molar-refractivity contribution in [1.82, 2.24) is 20.9 Å². The molecule has 4 N–H and O–H groups in total. The van der Waals surface area contributed by atoms with Gasteiger partial charge in [0.1, 0.15) is 35.1 Å². The minimum atomic E-state index is -1.22. The summed E-state index contributed by atoms with van der Waals surface area (Å²) in [7, 11) is 0. The molecule has 0 saturated heterocycles. The number of thiol groups is 1. The van der Waals surface area contributed by atoms with Gasteiger partial charge in [0.25, 0.3) is 11.8 Å². The zero-order chi connectivity index (χ0) is 28.4. The van der Waals surface area contributed by atoms with Gasteiger partial charge in [0.05, 0.1) is 18.7 Å². The van der Waals surface area contributed by atoms with E-state index >= 15 is 0 Å². The summed E-state index contributed by atoms with van der Waals surface area (Å²) in [6.07, 6.45) is 3.93. The lowest BCUT2D eigenvalue weighted by Gasteiger charge is -2.22. The summed E-state index contributed by atoms with van der Waals surface area (Å²) in [5, 5.41) is 17.1. The number of nitrogens with zero attached hydrogens (tertiary/aromatic N) is 1. The summed E-state index contributed by atoms with van der Waals surface area (Å²) in [4.78, 5) is 55.9. The van der Waals surface area contributed by atoms with Crippen molar-refractivity contribution in [3.8, 4) is 5.75 Å². The van der Waals surface area contributed by atoms with E-state index in [9.17, 15) is 28.7 Å². The van der Waals surface area contributed by atoms with Crippen LogP contribution in [-0.2, 0) is 32.1 Å². The molecule has 2 atom stereocenters. The number of hydrogen-bond donors (Lipinski definition) is 5. The molecule has 0 fully saturated rings. The smallest absolute Gasteiger partial charge is 0.329 e. The van der Waals surface area contributed by atoms with Gasteiger partial charge in [-0.1, -0.05) is 24.3 Å². The molecule has 0 unspecified atom stereocenters. The van der Waals surface area contributed by atoms with Crippen LogP contribution in [0, 0.1) is 5.82 Å². The summed E-state index contributed by atoms with van der Waals surface area (Å²) in [6, 6.07) is 6.79. The average molecular weight is 557 g/mol. The first-order chi connectivity index (χ1) is 18.7. The number of phenols is 1. The van der Waals surface area contributed by atoms with Crippen LogP contribution >= 0.6 is 12.6 Å². The predicted octanol–water partition coefficient (Wildman–Crippen LogP) is 2.10. The van der Waals surface area contributed by atoms with Crippen molar-refractivity contribution in [3.05, 3.63) is 83.1 Å². The normalized spacial score (nSPS) is 20.3. The molecule has 3 amide bonds. The third-order valence-electron chi connectivity index (χ3n) is 5.59. The third kappa shape index (κ3) is 8.95. The van der Waals surface area contributed by atoms with Crippen molar-refractivity contribution in [2.75, 3.05) is 5.75 Å². The number of amides is 3. The van der Waals surface area contributed by atoms with E-state index in [-0.39, 0.29) is 42.2 Å². The number of allylic oxidation sites excluding steroid dienone is 2. The quantitative estimate of drug-likeness (QED) is 0.164. The highest BCUT2D eigenvalue weighted by Gasteiger charge is 2.28. The zero-order valence-corrected chi connectivity index (χ0v) is 22.0. The van der Waals surface area contributed by atoms with Gasteiger partial charge in [0.15, 0.2) is 0 Å². The second kappa shape index (κ2) is 14.1. The van der Waals surface area contributed by atoms with Crippen LogP contribution in [0.25, 0.3) is 0 Å². The highest BCUT2D eigenvalue weighted by molar-refractivity contribution is 7.80. The van der Waals surface area contributed by atoms with E-state index in [0.717, 1.165) is 12.1 Å². The Kier molecular flexibility index (Phi) is 10.6. The van der Waals surface area contributed by atoms with E-state index in [1.165, 1.54) is 25.1 Å². The Balaban J connectivity index is 1.98. The highest BCUT2D eigenvalue weighted by atomic mass is 32.1. The molecule has 206 valence electrons. The molecule has 0 spiro atoms. The SMILES string of the molecule is C/C=C1\NC(=O)c2cc(F)cc(n2)CNC(=O)C[C@@H](/C=C/CCS)OC(=O)[C@H](Cc2ccc(O)cc2)NC1=O. The van der Waals surface area contributed by atoms with E-state index < -0.39 is 41.7 Å². The van der Waals surface area contributed by atoms with E-state index in [2.05, 4.69) is 33.6 Å². The summed E-state index contributed by atoms with van der Waals surface area (Å²) in [5.74, 6) is -3.16. The molecule has 3 rings (SSSR count). The number of esters is 1. The number of carbonyl (C=O) groups is 4. The lowest BCUT2D eigenvalue weighted by molar-refractivity contribution is -0.151. The lowest BCUT2D eigenvalue weighted by Crippen LogP contribution is -2.47. The number of aromatic nitrogens is 1. The monoisotopic (exact) mass is 556 g/mol. The van der Waals surface area contributed by atoms with E-state index in [0.29, 0.717) is 17.7 Å². The van der Waals surface area contributed by atoms with Gasteiger partial charge in [-0.2, -0.15) is 12.6 Å². The number of carbonyl (C=O) groups excluding carboxylic acids is 4. The summed E-state index contributed by atoms with van der Waals surface area (Å²) < 4.78 is 19.8. The van der Waals surface area contributed by atoms with Gasteiger partial charge < -0.3 is 25.8 Å². The molecular formula is C27H29FN4O6S. The number of cyclic esters (lactones) is 1. The molecule has 0 radical (unpaired) electrons. The Morgan fingerprint density at radius 3 is 2.59 bits per heavy atom. The van der Waals surface area contributed by atoms with Crippen molar-refractivity contribution in [1.29, 1.82) is 0 Å². The van der Waals surface area contributed by atoms with Gasteiger partial charge in [-0.05, 0) is 48.9 Å². The number of aromatic hydroxyl groups is 1. The van der Waals surface area contributed by atoms with Crippen LogP contribution in [0.15, 0.2) is 60.3 Å². The Bertz CT molecular complexity index is 1280. The van der Waals surface area contributed by atoms with Crippen molar-refractivity contribution >= 4 is 36.3 Å². The van der Waals surface area contributed by atoms with Crippen LogP contribution in [-0.4, -0.2) is 51.7 Å². The number of ether oxygens (including phenoxy) is 1. The second-order valence-electron chi connectivity index (χ2n) is 8.61. The molecule has 0 aliphatic carbocycles. The van der Waals surface area contributed by atoms with E-state index in [1.807, 2.05) is 0 Å². The van der Waals surface area contributed by atoms with Crippen LogP contribution in [0.1, 0.15) is 41.5 Å². The predicted molar refractivity (Wildman–Crippen MR) is 143 cm³/mol. The molecule has 12 heteroatoms. The fourth-order valence-electron chi connectivity index (χ4n) is 3.65. The molecule has 10 nitrogen and oxygen atoms in total. The Hall–Kier alpha value is -4.19. The van der Waals surface area contributed by atoms with Crippen LogP contribution < -0.4 is 16.0 Å². The maximum atomic E-state index is 14.2. The molecule has 1 aromatic carbocycles. The summed E-state index contributed by atoms with van der Waals surface area (Å²) in [6.45, 7) is 1.32. The van der Waals surface area contributed by atoms with Crippen molar-refractivity contribution in [3.63, 3.8) is 0 Å². The van der Waals surface area contributed by atoms with Crippen LogP contribution in [0.3, 0.4) is 0 Å². The number of fused-ring (bicyclic) bond motifs is 2. The number of pyridine rings is 1. The number of nitrogens with one attached hydrogen (secondary N) is 3. The number of phenolic OH excluding ortho intramolecular Hbond substituents is 1. The molecule has 1 aliphatic heterocycles. The topological polar surface area (TPSA) is 147 Å². The Morgan fingerprint density at radius 1 is 1.15 bits per heavy atom. The zero-order valence-electron chi connectivity index (χ0n) is 21.1. The molecule has 1 aromatic heterocycles. The maximum Gasteiger partial charge on any atom is 0.329 e. The molecule has 2 aromatic rings. The summed E-state index contributed by atoms with van der Waals surface area (Å²) >= 11 is 4.15. The highest BCUT2D eigenvalue weighted by Crippen LogP contribution is 2.14. The summed E-state index contributed by atoms with van der Waals surface area (Å²) in [5.41, 5.74) is 0.194. The van der Waals surface area contributed by atoms with E-state index in [4.69, 9.17) is 4.74 Å². The fraction of sp³-hybridized carbons (Fsp3) is 0.296. The van der Waals surface area contributed by atoms with Gasteiger partial charge in [-0.25, -0.2) is 14.2 Å². The first-order valence-corrected chi connectivity index (χ1v) is 12.8. The minimum Gasteiger partial charge on any atom is -0.508 e. The third-order valence-corrected chi connectivity index (χ3v) is 5.85.